The molecule has 6 rings (SSSR count). The summed E-state index contributed by atoms with van der Waals surface area (Å²) in [4.78, 5) is 0. The number of fused-ring (bicyclic) bond motifs is 6. The van der Waals surface area contributed by atoms with Crippen LogP contribution in [-0.2, 0) is 0 Å². The molecule has 0 atom stereocenters. The maximum atomic E-state index is 6.20. The molecule has 0 unspecified atom stereocenters. The van der Waals surface area contributed by atoms with Crippen LogP contribution in [0.3, 0.4) is 0 Å². The molecule has 0 bridgehead atoms. The lowest BCUT2D eigenvalue weighted by molar-refractivity contribution is 0.668. The zero-order chi connectivity index (χ0) is 17.1. The number of rotatable bonds is 1. The average Bonchev–Trinajstić information content (AvgIpc) is 3.25. The Bertz CT molecular complexity index is 1430. The van der Waals surface area contributed by atoms with Crippen LogP contribution in [0.2, 0.25) is 0 Å². The molecule has 2 aromatic heterocycles. The second-order valence-electron chi connectivity index (χ2n) is 6.59. The monoisotopic (exact) mass is 334 g/mol. The van der Waals surface area contributed by atoms with Gasteiger partial charge in [-0.05, 0) is 29.8 Å². The maximum absolute atomic E-state index is 6.20. The van der Waals surface area contributed by atoms with Crippen LogP contribution in [0.15, 0.2) is 93.8 Å². The Balaban J connectivity index is 1.68. The zero-order valence-electron chi connectivity index (χ0n) is 13.9. The van der Waals surface area contributed by atoms with Gasteiger partial charge in [0.1, 0.15) is 22.3 Å². The van der Waals surface area contributed by atoms with Crippen molar-refractivity contribution in [3.05, 3.63) is 84.9 Å². The van der Waals surface area contributed by atoms with Crippen LogP contribution in [-0.4, -0.2) is 0 Å². The van der Waals surface area contributed by atoms with Gasteiger partial charge in [-0.15, -0.1) is 0 Å². The lowest BCUT2D eigenvalue weighted by atomic mass is 10.0. The first-order chi connectivity index (χ1) is 12.9. The van der Waals surface area contributed by atoms with Gasteiger partial charge in [-0.3, -0.25) is 0 Å². The zero-order valence-corrected chi connectivity index (χ0v) is 13.9. The molecule has 6 aromatic rings. The molecule has 122 valence electrons. The molecule has 2 heteroatoms. The Morgan fingerprint density at radius 3 is 1.96 bits per heavy atom. The molecule has 2 heterocycles. The van der Waals surface area contributed by atoms with E-state index in [0.29, 0.717) is 0 Å². The molecule has 0 radical (unpaired) electrons. The topological polar surface area (TPSA) is 26.3 Å². The Hall–Kier alpha value is -3.52. The van der Waals surface area contributed by atoms with E-state index in [9.17, 15) is 0 Å². The summed E-state index contributed by atoms with van der Waals surface area (Å²) < 4.78 is 12.2. The molecule has 0 saturated carbocycles. The summed E-state index contributed by atoms with van der Waals surface area (Å²) in [5.41, 5.74) is 5.92. The molecule has 0 N–H and O–H groups in total. The normalized spacial score (nSPS) is 11.8. The summed E-state index contributed by atoms with van der Waals surface area (Å²) in [5.74, 6) is 0. The van der Waals surface area contributed by atoms with E-state index < -0.39 is 0 Å². The summed E-state index contributed by atoms with van der Waals surface area (Å²) in [7, 11) is 0. The summed E-state index contributed by atoms with van der Waals surface area (Å²) in [6.07, 6.45) is 0. The van der Waals surface area contributed by atoms with Crippen LogP contribution in [0.25, 0.3) is 55.0 Å². The van der Waals surface area contributed by atoms with Gasteiger partial charge in [0, 0.05) is 27.1 Å². The first-order valence-corrected chi connectivity index (χ1v) is 8.70. The quantitative estimate of drug-likeness (QED) is 0.319. The minimum absolute atomic E-state index is 0.909. The number of benzene rings is 4. The van der Waals surface area contributed by atoms with Gasteiger partial charge in [0.05, 0.1) is 0 Å². The van der Waals surface area contributed by atoms with Gasteiger partial charge in [-0.2, -0.15) is 0 Å². The molecule has 0 spiro atoms. The lowest BCUT2D eigenvalue weighted by Crippen LogP contribution is -1.79. The minimum atomic E-state index is 0.909. The van der Waals surface area contributed by atoms with E-state index in [4.69, 9.17) is 8.83 Å². The molecular weight excluding hydrogens is 320 g/mol. The van der Waals surface area contributed by atoms with E-state index in [1.54, 1.807) is 0 Å². The van der Waals surface area contributed by atoms with Gasteiger partial charge >= 0.3 is 0 Å². The van der Waals surface area contributed by atoms with Crippen LogP contribution in [0.4, 0.5) is 0 Å². The molecule has 2 nitrogen and oxygen atoms in total. The van der Waals surface area contributed by atoms with Crippen molar-refractivity contribution >= 4 is 43.9 Å². The Morgan fingerprint density at radius 1 is 0.462 bits per heavy atom. The molecule has 0 aliphatic rings. The van der Waals surface area contributed by atoms with Crippen LogP contribution in [0.1, 0.15) is 0 Å². The molecule has 0 saturated heterocycles. The lowest BCUT2D eigenvalue weighted by Gasteiger charge is -2.03. The minimum Gasteiger partial charge on any atom is -0.456 e. The Morgan fingerprint density at radius 2 is 1.12 bits per heavy atom. The molecular formula is C24H14O2. The number of furan rings is 2. The molecule has 0 amide bonds. The third-order valence-corrected chi connectivity index (χ3v) is 5.09. The van der Waals surface area contributed by atoms with Crippen molar-refractivity contribution in [2.45, 2.75) is 0 Å². The molecule has 4 aromatic carbocycles. The smallest absolute Gasteiger partial charge is 0.143 e. The van der Waals surface area contributed by atoms with Gasteiger partial charge < -0.3 is 8.83 Å². The summed E-state index contributed by atoms with van der Waals surface area (Å²) in [6.45, 7) is 0. The van der Waals surface area contributed by atoms with Gasteiger partial charge in [0.25, 0.3) is 0 Å². The van der Waals surface area contributed by atoms with Gasteiger partial charge in [-0.1, -0.05) is 60.7 Å². The molecule has 26 heavy (non-hydrogen) atoms. The van der Waals surface area contributed by atoms with E-state index in [-0.39, 0.29) is 0 Å². The summed E-state index contributed by atoms with van der Waals surface area (Å²) >= 11 is 0. The van der Waals surface area contributed by atoms with Crippen molar-refractivity contribution < 1.29 is 8.83 Å². The fraction of sp³-hybridized carbons (Fsp3) is 0. The number of hydrogen-bond donors (Lipinski definition) is 0. The van der Waals surface area contributed by atoms with Gasteiger partial charge in [0.15, 0.2) is 0 Å². The predicted molar refractivity (Wildman–Crippen MR) is 106 cm³/mol. The van der Waals surface area contributed by atoms with Gasteiger partial charge in [-0.25, -0.2) is 0 Å². The fourth-order valence-corrected chi connectivity index (χ4v) is 3.87. The van der Waals surface area contributed by atoms with E-state index in [2.05, 4.69) is 42.5 Å². The number of hydrogen-bond acceptors (Lipinski definition) is 2. The third-order valence-electron chi connectivity index (χ3n) is 5.09. The highest BCUT2D eigenvalue weighted by molar-refractivity contribution is 6.11. The van der Waals surface area contributed by atoms with Crippen molar-refractivity contribution in [1.82, 2.24) is 0 Å². The van der Waals surface area contributed by atoms with Crippen molar-refractivity contribution in [3.63, 3.8) is 0 Å². The first kappa shape index (κ1) is 13.7. The van der Waals surface area contributed by atoms with Gasteiger partial charge in [0.2, 0.25) is 0 Å². The standard InChI is InChI=1S/C24H14O2/c1-4-11-22-17(6-1)19-9-5-8-16(24(19)26-22)15-12-13-23-20(14-15)18-7-2-3-10-21(18)25-23/h1-14H. The molecule has 0 aliphatic heterocycles. The third kappa shape index (κ3) is 1.81. The van der Waals surface area contributed by atoms with E-state index in [1.165, 1.54) is 0 Å². The van der Waals surface area contributed by atoms with Crippen LogP contribution in [0, 0.1) is 0 Å². The van der Waals surface area contributed by atoms with E-state index in [1.807, 2.05) is 42.5 Å². The largest absolute Gasteiger partial charge is 0.456 e. The highest BCUT2D eigenvalue weighted by atomic mass is 16.3. The highest BCUT2D eigenvalue weighted by Gasteiger charge is 2.13. The van der Waals surface area contributed by atoms with Crippen LogP contribution in [0.5, 0.6) is 0 Å². The second-order valence-corrected chi connectivity index (χ2v) is 6.59. The molecule has 0 aliphatic carbocycles. The Labute approximate surface area is 149 Å². The Kier molecular flexibility index (Phi) is 2.64. The van der Waals surface area contributed by atoms with E-state index >= 15 is 0 Å². The van der Waals surface area contributed by atoms with Crippen LogP contribution < -0.4 is 0 Å². The second kappa shape index (κ2) is 4.99. The van der Waals surface area contributed by atoms with Crippen molar-refractivity contribution in [2.24, 2.45) is 0 Å². The predicted octanol–water partition coefficient (Wildman–Crippen LogP) is 7.15. The SMILES string of the molecule is c1ccc2c(c1)oc1ccc(-c3cccc4c3oc3ccccc34)cc12. The summed E-state index contributed by atoms with van der Waals surface area (Å²) in [5, 5.41) is 4.57. The van der Waals surface area contributed by atoms with Crippen molar-refractivity contribution in [1.29, 1.82) is 0 Å². The fourth-order valence-electron chi connectivity index (χ4n) is 3.87. The van der Waals surface area contributed by atoms with Crippen molar-refractivity contribution in [3.8, 4) is 11.1 Å². The van der Waals surface area contributed by atoms with E-state index in [0.717, 1.165) is 55.0 Å². The average molecular weight is 334 g/mol. The summed E-state index contributed by atoms with van der Waals surface area (Å²) in [6, 6.07) is 29.0. The van der Waals surface area contributed by atoms with Crippen molar-refractivity contribution in [2.75, 3.05) is 0 Å². The first-order valence-electron chi connectivity index (χ1n) is 8.70. The van der Waals surface area contributed by atoms with Crippen LogP contribution >= 0.6 is 0 Å². The molecule has 0 fully saturated rings. The highest BCUT2D eigenvalue weighted by Crippen LogP contribution is 2.38. The number of para-hydroxylation sites is 3. The maximum Gasteiger partial charge on any atom is 0.143 e.